The number of benzene rings is 1. The van der Waals surface area contributed by atoms with Crippen LogP contribution in [-0.4, -0.2) is 18.3 Å². The highest BCUT2D eigenvalue weighted by molar-refractivity contribution is 6.18. The van der Waals surface area contributed by atoms with Gasteiger partial charge in [-0.2, -0.15) is 0 Å². The molecule has 5 heteroatoms. The SMILES string of the molecule is O=C(NCCCl)c1ccc(-c2cccc(F)c2)o1. The van der Waals surface area contributed by atoms with Crippen LogP contribution in [0.3, 0.4) is 0 Å². The molecule has 0 radical (unpaired) electrons. The lowest BCUT2D eigenvalue weighted by atomic mass is 10.2. The lowest BCUT2D eigenvalue weighted by Crippen LogP contribution is -2.24. The van der Waals surface area contributed by atoms with Crippen molar-refractivity contribution in [1.82, 2.24) is 5.32 Å². The second-order valence-electron chi connectivity index (χ2n) is 3.62. The second kappa shape index (κ2) is 5.69. The van der Waals surface area contributed by atoms with Gasteiger partial charge in [-0.25, -0.2) is 4.39 Å². The number of amides is 1. The molecule has 0 aliphatic rings. The highest BCUT2D eigenvalue weighted by atomic mass is 35.5. The molecule has 1 aromatic heterocycles. The summed E-state index contributed by atoms with van der Waals surface area (Å²) < 4.78 is 18.4. The van der Waals surface area contributed by atoms with Gasteiger partial charge in [0.15, 0.2) is 5.76 Å². The molecule has 0 unspecified atom stereocenters. The Kier molecular flexibility index (Phi) is 3.99. The zero-order valence-corrected chi connectivity index (χ0v) is 10.2. The van der Waals surface area contributed by atoms with E-state index in [-0.39, 0.29) is 17.5 Å². The van der Waals surface area contributed by atoms with Crippen LogP contribution in [0.5, 0.6) is 0 Å². The first-order valence-corrected chi connectivity index (χ1v) is 5.94. The average Bonchev–Trinajstić information content (AvgIpc) is 2.85. The molecule has 94 valence electrons. The Labute approximate surface area is 109 Å². The van der Waals surface area contributed by atoms with E-state index in [1.54, 1.807) is 24.3 Å². The van der Waals surface area contributed by atoms with Crippen LogP contribution in [-0.2, 0) is 0 Å². The highest BCUT2D eigenvalue weighted by Crippen LogP contribution is 2.22. The fraction of sp³-hybridized carbons (Fsp3) is 0.154. The molecule has 1 N–H and O–H groups in total. The number of nitrogens with one attached hydrogen (secondary N) is 1. The molecule has 0 bridgehead atoms. The van der Waals surface area contributed by atoms with Gasteiger partial charge in [-0.15, -0.1) is 11.6 Å². The summed E-state index contributed by atoms with van der Waals surface area (Å²) in [7, 11) is 0. The molecule has 0 saturated heterocycles. The zero-order valence-electron chi connectivity index (χ0n) is 9.45. The van der Waals surface area contributed by atoms with Gasteiger partial charge < -0.3 is 9.73 Å². The topological polar surface area (TPSA) is 42.2 Å². The van der Waals surface area contributed by atoms with Crippen molar-refractivity contribution < 1.29 is 13.6 Å². The van der Waals surface area contributed by atoms with Gasteiger partial charge in [-0.1, -0.05) is 12.1 Å². The summed E-state index contributed by atoms with van der Waals surface area (Å²) in [6, 6.07) is 9.16. The van der Waals surface area contributed by atoms with E-state index in [1.807, 2.05) is 0 Å². The largest absolute Gasteiger partial charge is 0.451 e. The summed E-state index contributed by atoms with van der Waals surface area (Å²) in [6.07, 6.45) is 0. The number of halogens is 2. The van der Waals surface area contributed by atoms with E-state index in [0.717, 1.165) is 0 Å². The van der Waals surface area contributed by atoms with E-state index in [9.17, 15) is 9.18 Å². The van der Waals surface area contributed by atoms with E-state index in [0.29, 0.717) is 23.7 Å². The van der Waals surface area contributed by atoms with Crippen molar-refractivity contribution in [2.45, 2.75) is 0 Å². The molecular weight excluding hydrogens is 257 g/mol. The van der Waals surface area contributed by atoms with Gasteiger partial charge >= 0.3 is 0 Å². The standard InChI is InChI=1S/C13H11ClFNO2/c14-6-7-16-13(17)12-5-4-11(18-12)9-2-1-3-10(15)8-9/h1-5,8H,6-7H2,(H,16,17). The molecule has 3 nitrogen and oxygen atoms in total. The molecular formula is C13H11ClFNO2. The van der Waals surface area contributed by atoms with Crippen molar-refractivity contribution in [2.75, 3.05) is 12.4 Å². The Balaban J connectivity index is 2.17. The smallest absolute Gasteiger partial charge is 0.287 e. The van der Waals surface area contributed by atoms with Crippen LogP contribution in [0, 0.1) is 5.82 Å². The van der Waals surface area contributed by atoms with Gasteiger partial charge in [0.05, 0.1) is 0 Å². The van der Waals surface area contributed by atoms with Crippen LogP contribution < -0.4 is 5.32 Å². The minimum Gasteiger partial charge on any atom is -0.451 e. The van der Waals surface area contributed by atoms with Crippen LogP contribution in [0.2, 0.25) is 0 Å². The Hall–Kier alpha value is -1.81. The second-order valence-corrected chi connectivity index (χ2v) is 4.00. The maximum Gasteiger partial charge on any atom is 0.287 e. The van der Waals surface area contributed by atoms with Gasteiger partial charge in [0.1, 0.15) is 11.6 Å². The molecule has 2 rings (SSSR count). The van der Waals surface area contributed by atoms with Gasteiger partial charge in [0, 0.05) is 18.0 Å². The van der Waals surface area contributed by atoms with E-state index in [4.69, 9.17) is 16.0 Å². The van der Waals surface area contributed by atoms with E-state index < -0.39 is 0 Å². The number of hydrogen-bond acceptors (Lipinski definition) is 2. The number of alkyl halides is 1. The van der Waals surface area contributed by atoms with Crippen LogP contribution in [0.15, 0.2) is 40.8 Å². The molecule has 0 spiro atoms. The molecule has 2 aromatic rings. The molecule has 0 aliphatic heterocycles. The summed E-state index contributed by atoms with van der Waals surface area (Å²) >= 11 is 5.46. The lowest BCUT2D eigenvalue weighted by Gasteiger charge is -1.99. The molecule has 18 heavy (non-hydrogen) atoms. The first-order valence-electron chi connectivity index (χ1n) is 5.40. The zero-order chi connectivity index (χ0) is 13.0. The van der Waals surface area contributed by atoms with Crippen LogP contribution >= 0.6 is 11.6 Å². The number of hydrogen-bond donors (Lipinski definition) is 1. The van der Waals surface area contributed by atoms with E-state index >= 15 is 0 Å². The Morgan fingerprint density at radius 2 is 2.17 bits per heavy atom. The molecule has 1 amide bonds. The van der Waals surface area contributed by atoms with Crippen LogP contribution in [0.1, 0.15) is 10.6 Å². The van der Waals surface area contributed by atoms with Crippen molar-refractivity contribution in [2.24, 2.45) is 0 Å². The third-order valence-corrected chi connectivity index (χ3v) is 2.51. The predicted molar refractivity (Wildman–Crippen MR) is 67.2 cm³/mol. The summed E-state index contributed by atoms with van der Waals surface area (Å²) in [6.45, 7) is 0.371. The Bertz CT molecular complexity index is 553. The number of rotatable bonds is 4. The van der Waals surface area contributed by atoms with Crippen molar-refractivity contribution in [1.29, 1.82) is 0 Å². The summed E-state index contributed by atoms with van der Waals surface area (Å²) in [5.74, 6) is 0.281. The van der Waals surface area contributed by atoms with Gasteiger partial charge in [0.25, 0.3) is 5.91 Å². The highest BCUT2D eigenvalue weighted by Gasteiger charge is 2.11. The van der Waals surface area contributed by atoms with Crippen molar-refractivity contribution >= 4 is 17.5 Å². The third kappa shape index (κ3) is 2.90. The molecule has 0 saturated carbocycles. The quantitative estimate of drug-likeness (QED) is 0.865. The normalized spacial score (nSPS) is 10.3. The van der Waals surface area contributed by atoms with Crippen molar-refractivity contribution in [3.8, 4) is 11.3 Å². The first kappa shape index (κ1) is 12.6. The van der Waals surface area contributed by atoms with Crippen LogP contribution in [0.4, 0.5) is 4.39 Å². The van der Waals surface area contributed by atoms with E-state index in [1.165, 1.54) is 12.1 Å². The maximum absolute atomic E-state index is 13.0. The molecule has 0 fully saturated rings. The molecule has 1 aromatic carbocycles. The summed E-state index contributed by atoms with van der Waals surface area (Å²) in [4.78, 5) is 11.6. The molecule has 1 heterocycles. The number of carbonyl (C=O) groups is 1. The number of furan rings is 1. The third-order valence-electron chi connectivity index (χ3n) is 2.32. The Morgan fingerprint density at radius 1 is 1.33 bits per heavy atom. The average molecular weight is 268 g/mol. The summed E-state index contributed by atoms with van der Waals surface area (Å²) in [5.41, 5.74) is 0.589. The monoisotopic (exact) mass is 267 g/mol. The summed E-state index contributed by atoms with van der Waals surface area (Å²) in [5, 5.41) is 2.59. The number of carbonyl (C=O) groups excluding carboxylic acids is 1. The first-order chi connectivity index (χ1) is 8.70. The van der Waals surface area contributed by atoms with Crippen LogP contribution in [0.25, 0.3) is 11.3 Å². The Morgan fingerprint density at radius 3 is 2.89 bits per heavy atom. The lowest BCUT2D eigenvalue weighted by molar-refractivity contribution is 0.0929. The van der Waals surface area contributed by atoms with E-state index in [2.05, 4.69) is 5.32 Å². The molecule has 0 aliphatic carbocycles. The van der Waals surface area contributed by atoms with Gasteiger partial charge in [-0.3, -0.25) is 4.79 Å². The fourth-order valence-electron chi connectivity index (χ4n) is 1.50. The fourth-order valence-corrected chi connectivity index (χ4v) is 1.60. The van der Waals surface area contributed by atoms with Crippen molar-refractivity contribution in [3.05, 3.63) is 48.0 Å². The van der Waals surface area contributed by atoms with Gasteiger partial charge in [-0.05, 0) is 24.3 Å². The minimum absolute atomic E-state index is 0.180. The predicted octanol–water partition coefficient (Wildman–Crippen LogP) is 3.05. The maximum atomic E-state index is 13.0. The molecule has 0 atom stereocenters. The van der Waals surface area contributed by atoms with Gasteiger partial charge in [0.2, 0.25) is 0 Å². The minimum atomic E-state index is -0.350. The van der Waals surface area contributed by atoms with Crippen molar-refractivity contribution in [3.63, 3.8) is 0 Å².